The van der Waals surface area contributed by atoms with Crippen LogP contribution in [0.1, 0.15) is 42.3 Å². The van der Waals surface area contributed by atoms with Gasteiger partial charge in [0.05, 0.1) is 5.02 Å². The van der Waals surface area contributed by atoms with Crippen LogP contribution in [0.5, 0.6) is 0 Å². The standard InChI is InChI=1S/C18H19ClN2OS/c1-10(14-9-11-6-7-12(14)8-11)20-21-18(22)17-16(19)13-4-2-3-5-15(13)23-17/h2-5,11-12,14H,6-9H2,1H3,(H,21,22)/b20-10+. The highest BCUT2D eigenvalue weighted by Gasteiger charge is 2.40. The number of hydrogen-bond acceptors (Lipinski definition) is 3. The minimum absolute atomic E-state index is 0.210. The molecule has 1 aromatic heterocycles. The van der Waals surface area contributed by atoms with Gasteiger partial charge in [-0.05, 0) is 44.1 Å². The number of amides is 1. The smallest absolute Gasteiger partial charge is 0.266 e. The van der Waals surface area contributed by atoms with Crippen LogP contribution in [-0.2, 0) is 0 Å². The molecular formula is C18H19ClN2OS. The molecule has 120 valence electrons. The molecule has 0 aliphatic heterocycles. The van der Waals surface area contributed by atoms with Crippen LogP contribution in [0.4, 0.5) is 0 Å². The van der Waals surface area contributed by atoms with Gasteiger partial charge >= 0.3 is 0 Å². The number of nitrogens with zero attached hydrogens (tertiary/aromatic N) is 1. The fourth-order valence-corrected chi connectivity index (χ4v) is 5.60. The fourth-order valence-electron chi connectivity index (χ4n) is 4.19. The van der Waals surface area contributed by atoms with Gasteiger partial charge in [-0.15, -0.1) is 11.3 Å². The fraction of sp³-hybridized carbons (Fsp3) is 0.444. The lowest BCUT2D eigenvalue weighted by Gasteiger charge is -2.21. The largest absolute Gasteiger partial charge is 0.283 e. The lowest BCUT2D eigenvalue weighted by Crippen LogP contribution is -2.24. The molecule has 3 atom stereocenters. The first kappa shape index (κ1) is 15.2. The van der Waals surface area contributed by atoms with E-state index in [-0.39, 0.29) is 5.91 Å². The molecule has 1 aromatic carbocycles. The Bertz CT molecular complexity index is 797. The predicted octanol–water partition coefficient (Wildman–Crippen LogP) is 5.10. The van der Waals surface area contributed by atoms with Crippen molar-refractivity contribution in [1.29, 1.82) is 0 Å². The monoisotopic (exact) mass is 346 g/mol. The second-order valence-electron chi connectivity index (χ2n) is 6.72. The maximum absolute atomic E-state index is 12.4. The maximum atomic E-state index is 12.4. The van der Waals surface area contributed by atoms with Crippen molar-refractivity contribution in [1.82, 2.24) is 5.43 Å². The summed E-state index contributed by atoms with van der Waals surface area (Å²) in [7, 11) is 0. The Morgan fingerprint density at radius 1 is 1.30 bits per heavy atom. The number of nitrogens with one attached hydrogen (secondary N) is 1. The van der Waals surface area contributed by atoms with Gasteiger partial charge in [0, 0.05) is 21.7 Å². The molecule has 1 amide bonds. The van der Waals surface area contributed by atoms with Gasteiger partial charge in [0.25, 0.3) is 5.91 Å². The number of rotatable bonds is 3. The third-order valence-electron chi connectivity index (χ3n) is 5.35. The van der Waals surface area contributed by atoms with Crippen LogP contribution in [0.2, 0.25) is 5.02 Å². The highest BCUT2D eigenvalue weighted by atomic mass is 35.5. The highest BCUT2D eigenvalue weighted by Crippen LogP contribution is 2.48. The second-order valence-corrected chi connectivity index (χ2v) is 8.15. The zero-order valence-electron chi connectivity index (χ0n) is 13.0. The number of hydrazone groups is 1. The first-order chi connectivity index (χ1) is 11.1. The average Bonchev–Trinajstić information content (AvgIpc) is 3.27. The molecule has 3 unspecified atom stereocenters. The van der Waals surface area contributed by atoms with Gasteiger partial charge in [0.15, 0.2) is 0 Å². The van der Waals surface area contributed by atoms with E-state index in [0.29, 0.717) is 15.8 Å². The minimum Gasteiger partial charge on any atom is -0.266 e. The molecule has 0 radical (unpaired) electrons. The molecular weight excluding hydrogens is 328 g/mol. The van der Waals surface area contributed by atoms with Crippen molar-refractivity contribution in [2.45, 2.75) is 32.6 Å². The Kier molecular flexibility index (Phi) is 3.90. The quantitative estimate of drug-likeness (QED) is 0.610. The van der Waals surface area contributed by atoms with Gasteiger partial charge in [-0.1, -0.05) is 36.2 Å². The van der Waals surface area contributed by atoms with Crippen molar-refractivity contribution in [3.63, 3.8) is 0 Å². The van der Waals surface area contributed by atoms with Crippen molar-refractivity contribution in [3.8, 4) is 0 Å². The minimum atomic E-state index is -0.210. The van der Waals surface area contributed by atoms with Crippen molar-refractivity contribution in [3.05, 3.63) is 34.2 Å². The lowest BCUT2D eigenvalue weighted by molar-refractivity contribution is 0.0958. The van der Waals surface area contributed by atoms with Crippen molar-refractivity contribution in [2.24, 2.45) is 22.9 Å². The van der Waals surface area contributed by atoms with Crippen molar-refractivity contribution >= 4 is 44.6 Å². The predicted molar refractivity (Wildman–Crippen MR) is 96.3 cm³/mol. The first-order valence-electron chi connectivity index (χ1n) is 8.15. The summed E-state index contributed by atoms with van der Waals surface area (Å²) in [5, 5.41) is 5.83. The Hall–Kier alpha value is -1.39. The number of carbonyl (C=O) groups excluding carboxylic acids is 1. The number of fused-ring (bicyclic) bond motifs is 3. The molecule has 0 spiro atoms. The molecule has 2 saturated carbocycles. The van der Waals surface area contributed by atoms with E-state index < -0.39 is 0 Å². The SMILES string of the molecule is C/C(=N\NC(=O)c1sc2ccccc2c1Cl)C1CC2CCC1C2. The van der Waals surface area contributed by atoms with Crippen molar-refractivity contribution < 1.29 is 4.79 Å². The zero-order chi connectivity index (χ0) is 16.0. The van der Waals surface area contributed by atoms with Crippen LogP contribution in [0, 0.1) is 17.8 Å². The molecule has 2 aliphatic rings. The second kappa shape index (κ2) is 5.91. The Morgan fingerprint density at radius 2 is 2.13 bits per heavy atom. The van der Waals surface area contributed by atoms with E-state index in [4.69, 9.17) is 11.6 Å². The maximum Gasteiger partial charge on any atom is 0.283 e. The topological polar surface area (TPSA) is 41.5 Å². The summed E-state index contributed by atoms with van der Waals surface area (Å²) >= 11 is 7.76. The number of thiophene rings is 1. The summed E-state index contributed by atoms with van der Waals surface area (Å²) in [6, 6.07) is 7.80. The summed E-state index contributed by atoms with van der Waals surface area (Å²) in [6.45, 7) is 2.04. The van der Waals surface area contributed by atoms with Crippen LogP contribution >= 0.6 is 22.9 Å². The van der Waals surface area contributed by atoms with Gasteiger partial charge in [0.1, 0.15) is 4.88 Å². The van der Waals surface area contributed by atoms with Gasteiger partial charge in [-0.3, -0.25) is 4.79 Å². The summed E-state index contributed by atoms with van der Waals surface area (Å²) in [5.74, 6) is 1.99. The number of halogens is 1. The molecule has 23 heavy (non-hydrogen) atoms. The Labute approximate surface area is 144 Å². The Morgan fingerprint density at radius 3 is 2.83 bits per heavy atom. The van der Waals surface area contributed by atoms with E-state index in [1.807, 2.05) is 31.2 Å². The van der Waals surface area contributed by atoms with Crippen LogP contribution in [0.25, 0.3) is 10.1 Å². The molecule has 1 heterocycles. The number of hydrogen-bond donors (Lipinski definition) is 1. The van der Waals surface area contributed by atoms with Crippen LogP contribution in [-0.4, -0.2) is 11.6 Å². The summed E-state index contributed by atoms with van der Waals surface area (Å²) in [6.07, 6.45) is 5.27. The summed E-state index contributed by atoms with van der Waals surface area (Å²) in [4.78, 5) is 13.0. The molecule has 3 nitrogen and oxygen atoms in total. The normalized spacial score (nSPS) is 26.9. The first-order valence-corrected chi connectivity index (χ1v) is 9.34. The summed E-state index contributed by atoms with van der Waals surface area (Å²) in [5.41, 5.74) is 3.77. The molecule has 0 saturated heterocycles. The molecule has 2 aliphatic carbocycles. The van der Waals surface area contributed by atoms with E-state index >= 15 is 0 Å². The van der Waals surface area contributed by atoms with Gasteiger partial charge < -0.3 is 0 Å². The van der Waals surface area contributed by atoms with Gasteiger partial charge in [-0.2, -0.15) is 5.10 Å². The third kappa shape index (κ3) is 2.68. The third-order valence-corrected chi connectivity index (χ3v) is 7.02. The average molecular weight is 347 g/mol. The Balaban J connectivity index is 1.51. The van der Waals surface area contributed by atoms with E-state index in [1.54, 1.807) is 0 Å². The molecule has 2 bridgehead atoms. The van der Waals surface area contributed by atoms with E-state index in [0.717, 1.165) is 27.6 Å². The highest BCUT2D eigenvalue weighted by molar-refractivity contribution is 7.21. The number of benzene rings is 1. The molecule has 2 fully saturated rings. The molecule has 2 aromatic rings. The summed E-state index contributed by atoms with van der Waals surface area (Å²) < 4.78 is 1.02. The van der Waals surface area contributed by atoms with Crippen molar-refractivity contribution in [2.75, 3.05) is 0 Å². The molecule has 1 N–H and O–H groups in total. The van der Waals surface area contributed by atoms with Crippen LogP contribution < -0.4 is 5.43 Å². The number of carbonyl (C=O) groups is 1. The van der Waals surface area contributed by atoms with Crippen LogP contribution in [0.3, 0.4) is 0 Å². The van der Waals surface area contributed by atoms with Gasteiger partial charge in [-0.25, -0.2) is 5.43 Å². The van der Waals surface area contributed by atoms with E-state index in [1.165, 1.54) is 37.0 Å². The van der Waals surface area contributed by atoms with Gasteiger partial charge in [0.2, 0.25) is 0 Å². The lowest BCUT2D eigenvalue weighted by atomic mass is 9.86. The van der Waals surface area contributed by atoms with E-state index in [2.05, 4.69) is 10.5 Å². The van der Waals surface area contributed by atoms with E-state index in [9.17, 15) is 4.79 Å². The van der Waals surface area contributed by atoms with Crippen LogP contribution in [0.15, 0.2) is 29.4 Å². The molecule has 4 rings (SSSR count). The zero-order valence-corrected chi connectivity index (χ0v) is 14.6. The molecule has 5 heteroatoms.